The molecule has 0 heterocycles. The fraction of sp³-hybridized carbons (Fsp3) is 0.556. The monoisotopic (exact) mass is 245 g/mol. The maximum Gasteiger partial charge on any atom is 0.323 e. The molecule has 0 aromatic rings. The van der Waals surface area contributed by atoms with E-state index in [-0.39, 0.29) is 25.4 Å². The second-order valence-corrected chi connectivity index (χ2v) is 3.33. The van der Waals surface area contributed by atoms with E-state index in [1.54, 1.807) is 0 Å². The highest BCUT2D eigenvalue weighted by molar-refractivity contribution is 5.90. The minimum Gasteiger partial charge on any atom is -0.480 e. The van der Waals surface area contributed by atoms with Crippen LogP contribution in [0.5, 0.6) is 0 Å². The van der Waals surface area contributed by atoms with Gasteiger partial charge in [-0.05, 0) is 6.92 Å². The summed E-state index contributed by atoms with van der Waals surface area (Å²) in [5.41, 5.74) is 5.01. The van der Waals surface area contributed by atoms with Crippen LogP contribution in [0, 0.1) is 0 Å². The number of nitrogens with two attached hydrogens (primary N) is 1. The van der Waals surface area contributed by atoms with Crippen LogP contribution in [0.3, 0.4) is 0 Å². The standard InChI is InChI=1S/C9H15N3O5/c1-6(13)4-12(5-9(16)17)8(15)3-11-7(14)2-10/h2-5,10H2,1H3,(H,11,14)(H,16,17). The lowest BCUT2D eigenvalue weighted by atomic mass is 10.3. The van der Waals surface area contributed by atoms with Gasteiger partial charge in [0.1, 0.15) is 12.3 Å². The summed E-state index contributed by atoms with van der Waals surface area (Å²) in [5, 5.41) is 10.8. The molecule has 0 aliphatic carbocycles. The van der Waals surface area contributed by atoms with E-state index in [4.69, 9.17) is 10.8 Å². The molecule has 0 aromatic heterocycles. The summed E-state index contributed by atoms with van der Waals surface area (Å²) in [7, 11) is 0. The lowest BCUT2D eigenvalue weighted by Gasteiger charge is -2.19. The molecule has 0 aromatic carbocycles. The molecule has 0 saturated heterocycles. The Bertz CT molecular complexity index is 313. The number of hydrogen-bond acceptors (Lipinski definition) is 5. The summed E-state index contributed by atoms with van der Waals surface area (Å²) < 4.78 is 0. The third kappa shape index (κ3) is 7.01. The Kier molecular flexibility index (Phi) is 6.49. The van der Waals surface area contributed by atoms with Gasteiger partial charge in [0.25, 0.3) is 0 Å². The van der Waals surface area contributed by atoms with Gasteiger partial charge in [-0.3, -0.25) is 19.2 Å². The van der Waals surface area contributed by atoms with Crippen molar-refractivity contribution in [2.75, 3.05) is 26.2 Å². The summed E-state index contributed by atoms with van der Waals surface area (Å²) in [6.45, 7) is -0.295. The van der Waals surface area contributed by atoms with Crippen LogP contribution in [0.1, 0.15) is 6.92 Å². The fourth-order valence-electron chi connectivity index (χ4n) is 1.02. The first-order valence-corrected chi connectivity index (χ1v) is 4.82. The minimum absolute atomic E-state index is 0.265. The molecule has 0 atom stereocenters. The van der Waals surface area contributed by atoms with Crippen LogP contribution in [0.4, 0.5) is 0 Å². The average molecular weight is 245 g/mol. The number of carboxylic acid groups (broad SMARTS) is 1. The molecule has 8 nitrogen and oxygen atoms in total. The number of nitrogens with zero attached hydrogens (tertiary/aromatic N) is 1. The molecule has 0 aliphatic rings. The molecule has 0 aliphatic heterocycles. The van der Waals surface area contributed by atoms with Crippen LogP contribution in [-0.2, 0) is 19.2 Å². The van der Waals surface area contributed by atoms with Gasteiger partial charge in [-0.2, -0.15) is 0 Å². The largest absolute Gasteiger partial charge is 0.480 e. The van der Waals surface area contributed by atoms with E-state index in [1.165, 1.54) is 6.92 Å². The lowest BCUT2D eigenvalue weighted by molar-refractivity contribution is -0.145. The maximum atomic E-state index is 11.5. The Morgan fingerprint density at radius 1 is 1.24 bits per heavy atom. The fourth-order valence-corrected chi connectivity index (χ4v) is 1.02. The predicted molar refractivity (Wildman–Crippen MR) is 57.0 cm³/mol. The SMILES string of the molecule is CC(=O)CN(CC(=O)O)C(=O)CNC(=O)CN. The third-order valence-electron chi connectivity index (χ3n) is 1.71. The Hall–Kier alpha value is -1.96. The number of hydrogen-bond donors (Lipinski definition) is 3. The molecule has 0 radical (unpaired) electrons. The van der Waals surface area contributed by atoms with Crippen LogP contribution < -0.4 is 11.1 Å². The van der Waals surface area contributed by atoms with Gasteiger partial charge in [0.05, 0.1) is 19.6 Å². The number of amides is 2. The Morgan fingerprint density at radius 3 is 2.24 bits per heavy atom. The van der Waals surface area contributed by atoms with Gasteiger partial charge in [-0.25, -0.2) is 0 Å². The molecule has 4 N–H and O–H groups in total. The van der Waals surface area contributed by atoms with Crippen LogP contribution in [0.2, 0.25) is 0 Å². The number of carbonyl (C=O) groups excluding carboxylic acids is 3. The zero-order valence-electron chi connectivity index (χ0n) is 9.43. The molecule has 0 fully saturated rings. The lowest BCUT2D eigenvalue weighted by Crippen LogP contribution is -2.45. The summed E-state index contributed by atoms with van der Waals surface area (Å²) in [6.07, 6.45) is 0. The number of ketones is 1. The number of carbonyl (C=O) groups is 4. The van der Waals surface area contributed by atoms with Gasteiger partial charge in [0.15, 0.2) is 0 Å². The zero-order chi connectivity index (χ0) is 13.4. The first kappa shape index (κ1) is 15.0. The molecule has 2 amide bonds. The van der Waals surface area contributed by atoms with Crippen molar-refractivity contribution < 1.29 is 24.3 Å². The molecule has 0 unspecified atom stereocenters. The van der Waals surface area contributed by atoms with Crippen molar-refractivity contribution in [3.05, 3.63) is 0 Å². The van der Waals surface area contributed by atoms with Crippen LogP contribution in [0.15, 0.2) is 0 Å². The normalized spacial score (nSPS) is 9.53. The molecule has 0 spiro atoms. The van der Waals surface area contributed by atoms with Crippen LogP contribution >= 0.6 is 0 Å². The molecule has 8 heteroatoms. The van der Waals surface area contributed by atoms with E-state index in [0.29, 0.717) is 0 Å². The quantitative estimate of drug-likeness (QED) is 0.457. The van der Waals surface area contributed by atoms with Gasteiger partial charge in [0, 0.05) is 0 Å². The first-order chi connectivity index (χ1) is 7.86. The third-order valence-corrected chi connectivity index (χ3v) is 1.71. The number of aliphatic carboxylic acids is 1. The highest BCUT2D eigenvalue weighted by Crippen LogP contribution is 1.90. The molecule has 0 saturated carbocycles. The van der Waals surface area contributed by atoms with Crippen molar-refractivity contribution in [3.63, 3.8) is 0 Å². The zero-order valence-corrected chi connectivity index (χ0v) is 9.43. The number of rotatable bonds is 7. The molecular formula is C9H15N3O5. The maximum absolute atomic E-state index is 11.5. The molecule has 96 valence electrons. The summed E-state index contributed by atoms with van der Waals surface area (Å²) in [5.74, 6) is -2.75. The van der Waals surface area contributed by atoms with Gasteiger partial charge >= 0.3 is 5.97 Å². The summed E-state index contributed by atoms with van der Waals surface area (Å²) in [6, 6.07) is 0. The molecule has 0 rings (SSSR count). The first-order valence-electron chi connectivity index (χ1n) is 4.82. The highest BCUT2D eigenvalue weighted by Gasteiger charge is 2.18. The van der Waals surface area contributed by atoms with Crippen LogP contribution in [0.25, 0.3) is 0 Å². The van der Waals surface area contributed by atoms with E-state index < -0.39 is 24.3 Å². The average Bonchev–Trinajstić information content (AvgIpc) is 2.23. The van der Waals surface area contributed by atoms with Gasteiger partial charge in [-0.15, -0.1) is 0 Å². The Morgan fingerprint density at radius 2 is 1.82 bits per heavy atom. The minimum atomic E-state index is -1.23. The highest BCUT2D eigenvalue weighted by atomic mass is 16.4. The molecule has 0 bridgehead atoms. The van der Waals surface area contributed by atoms with Crippen molar-refractivity contribution in [1.82, 2.24) is 10.2 Å². The van der Waals surface area contributed by atoms with E-state index in [2.05, 4.69) is 5.32 Å². The molecular weight excluding hydrogens is 230 g/mol. The predicted octanol–water partition coefficient (Wildman–Crippen LogP) is -2.44. The van der Waals surface area contributed by atoms with Gasteiger partial charge in [-0.1, -0.05) is 0 Å². The Labute approximate surface area is 97.7 Å². The van der Waals surface area contributed by atoms with Crippen molar-refractivity contribution in [1.29, 1.82) is 0 Å². The number of nitrogens with one attached hydrogen (secondary N) is 1. The van der Waals surface area contributed by atoms with Crippen molar-refractivity contribution in [2.45, 2.75) is 6.92 Å². The van der Waals surface area contributed by atoms with E-state index in [1.807, 2.05) is 0 Å². The van der Waals surface area contributed by atoms with Gasteiger partial charge in [0.2, 0.25) is 11.8 Å². The number of Topliss-reactive ketones (excluding diaryl/α,β-unsaturated/α-hetero) is 1. The smallest absolute Gasteiger partial charge is 0.323 e. The van der Waals surface area contributed by atoms with E-state index in [9.17, 15) is 19.2 Å². The van der Waals surface area contributed by atoms with E-state index in [0.717, 1.165) is 4.90 Å². The summed E-state index contributed by atoms with van der Waals surface area (Å²) in [4.78, 5) is 44.4. The number of carboxylic acids is 1. The second kappa shape index (κ2) is 7.34. The Balaban J connectivity index is 4.36. The molecule has 17 heavy (non-hydrogen) atoms. The topological polar surface area (TPSA) is 130 Å². The van der Waals surface area contributed by atoms with E-state index >= 15 is 0 Å². The van der Waals surface area contributed by atoms with Crippen LogP contribution in [-0.4, -0.2) is 59.8 Å². The second-order valence-electron chi connectivity index (χ2n) is 3.33. The van der Waals surface area contributed by atoms with Crippen molar-refractivity contribution in [3.8, 4) is 0 Å². The van der Waals surface area contributed by atoms with Crippen molar-refractivity contribution in [2.24, 2.45) is 5.73 Å². The summed E-state index contributed by atoms with van der Waals surface area (Å²) >= 11 is 0. The van der Waals surface area contributed by atoms with Crippen molar-refractivity contribution >= 4 is 23.6 Å². The van der Waals surface area contributed by atoms with Gasteiger partial charge < -0.3 is 21.1 Å².